The zero-order valence-electron chi connectivity index (χ0n) is 11.4. The van der Waals surface area contributed by atoms with Crippen LogP contribution >= 0.6 is 11.3 Å². The Morgan fingerprint density at radius 3 is 3.05 bits per heavy atom. The molecule has 0 aliphatic heterocycles. The fourth-order valence-corrected chi connectivity index (χ4v) is 4.07. The minimum atomic E-state index is -1.27. The minimum Gasteiger partial charge on any atom is -0.548 e. The molecule has 1 aliphatic rings. The number of aryl methyl sites for hydroxylation is 1. The Bertz CT molecular complexity index is 747. The number of carbonyl (C=O) groups excluding carboxylic acids is 1. The smallest absolute Gasteiger partial charge is 0.262 e. The molecule has 3 rings (SSSR count). The Kier molecular flexibility index (Phi) is 3.12. The lowest BCUT2D eigenvalue weighted by molar-refractivity contribution is -0.309. The second-order valence-electron chi connectivity index (χ2n) is 5.48. The van der Waals surface area contributed by atoms with E-state index in [1.54, 1.807) is 11.3 Å². The van der Waals surface area contributed by atoms with Crippen molar-refractivity contribution in [2.24, 2.45) is 5.92 Å². The van der Waals surface area contributed by atoms with Gasteiger partial charge < -0.3 is 9.90 Å². The molecule has 2 atom stereocenters. The molecule has 0 unspecified atom stereocenters. The van der Waals surface area contributed by atoms with Crippen molar-refractivity contribution >= 4 is 27.5 Å². The SMILES string of the molecule is C[C@@H]1CCc2c(sc3ncn([C@@H](C)C(=O)[O-])c(=O)c23)C1. The second kappa shape index (κ2) is 4.70. The standard InChI is InChI=1S/C14H16N2O3S/c1-7-3-4-9-10(5-7)20-12-11(9)13(17)16(6-15-12)8(2)14(18)19/h6-8H,3-5H2,1-2H3,(H,18,19)/p-1/t7-,8+/m1/s1. The minimum absolute atomic E-state index is 0.265. The highest BCUT2D eigenvalue weighted by atomic mass is 32.1. The fraction of sp³-hybridized carbons (Fsp3) is 0.500. The van der Waals surface area contributed by atoms with Gasteiger partial charge >= 0.3 is 0 Å². The Morgan fingerprint density at radius 1 is 1.60 bits per heavy atom. The lowest BCUT2D eigenvalue weighted by atomic mass is 9.89. The summed E-state index contributed by atoms with van der Waals surface area (Å²) < 4.78 is 1.16. The predicted molar refractivity (Wildman–Crippen MR) is 74.8 cm³/mol. The highest BCUT2D eigenvalue weighted by molar-refractivity contribution is 7.18. The van der Waals surface area contributed by atoms with Crippen LogP contribution in [0.3, 0.4) is 0 Å². The third-order valence-electron chi connectivity index (χ3n) is 4.00. The number of rotatable bonds is 2. The third kappa shape index (κ3) is 1.95. The third-order valence-corrected chi connectivity index (χ3v) is 5.16. The van der Waals surface area contributed by atoms with E-state index >= 15 is 0 Å². The molecule has 2 heterocycles. The quantitative estimate of drug-likeness (QED) is 0.823. The molecule has 0 saturated heterocycles. The van der Waals surface area contributed by atoms with Crippen molar-refractivity contribution in [2.75, 3.05) is 0 Å². The molecule has 0 bridgehead atoms. The molecule has 6 heteroatoms. The van der Waals surface area contributed by atoms with Crippen LogP contribution in [0.2, 0.25) is 0 Å². The first-order chi connectivity index (χ1) is 9.49. The summed E-state index contributed by atoms with van der Waals surface area (Å²) in [6.45, 7) is 3.64. The molecule has 0 amide bonds. The van der Waals surface area contributed by atoms with Gasteiger partial charge in [-0.15, -0.1) is 11.3 Å². The normalized spacial score (nSPS) is 19.8. The van der Waals surface area contributed by atoms with Crippen molar-refractivity contribution in [1.29, 1.82) is 0 Å². The lowest BCUT2D eigenvalue weighted by Crippen LogP contribution is -2.36. The van der Waals surface area contributed by atoms with Crippen molar-refractivity contribution < 1.29 is 9.90 Å². The Balaban J connectivity index is 2.23. The number of thiophene rings is 1. The Labute approximate surface area is 119 Å². The number of hydrogen-bond acceptors (Lipinski definition) is 5. The van der Waals surface area contributed by atoms with E-state index in [4.69, 9.17) is 0 Å². The molecule has 0 fully saturated rings. The van der Waals surface area contributed by atoms with Gasteiger partial charge in [-0.1, -0.05) is 6.92 Å². The number of hydrogen-bond donors (Lipinski definition) is 0. The van der Waals surface area contributed by atoms with Gasteiger partial charge in [-0.2, -0.15) is 0 Å². The summed E-state index contributed by atoms with van der Waals surface area (Å²) >= 11 is 1.56. The number of carbonyl (C=O) groups is 1. The van der Waals surface area contributed by atoms with Crippen LogP contribution in [0.25, 0.3) is 10.2 Å². The van der Waals surface area contributed by atoms with Crippen LogP contribution in [0.5, 0.6) is 0 Å². The van der Waals surface area contributed by atoms with Crippen molar-refractivity contribution in [3.05, 3.63) is 27.1 Å². The molecule has 2 aromatic rings. The summed E-state index contributed by atoms with van der Waals surface area (Å²) in [5, 5.41) is 11.6. The van der Waals surface area contributed by atoms with Gasteiger partial charge in [0.2, 0.25) is 0 Å². The second-order valence-corrected chi connectivity index (χ2v) is 6.57. The van der Waals surface area contributed by atoms with Gasteiger partial charge in [-0.3, -0.25) is 9.36 Å². The monoisotopic (exact) mass is 291 g/mol. The van der Waals surface area contributed by atoms with E-state index in [0.29, 0.717) is 11.3 Å². The van der Waals surface area contributed by atoms with Crippen LogP contribution in [0.4, 0.5) is 0 Å². The van der Waals surface area contributed by atoms with E-state index in [2.05, 4.69) is 11.9 Å². The molecule has 20 heavy (non-hydrogen) atoms. The highest BCUT2D eigenvalue weighted by Crippen LogP contribution is 2.35. The lowest BCUT2D eigenvalue weighted by Gasteiger charge is -2.18. The average molecular weight is 291 g/mol. The van der Waals surface area contributed by atoms with Crippen molar-refractivity contribution in [3.8, 4) is 0 Å². The number of aliphatic carboxylic acids is 1. The maximum Gasteiger partial charge on any atom is 0.262 e. The molecule has 0 radical (unpaired) electrons. The van der Waals surface area contributed by atoms with Crippen LogP contribution < -0.4 is 10.7 Å². The zero-order valence-corrected chi connectivity index (χ0v) is 12.2. The Morgan fingerprint density at radius 2 is 2.35 bits per heavy atom. The van der Waals surface area contributed by atoms with Crippen LogP contribution in [-0.2, 0) is 17.6 Å². The van der Waals surface area contributed by atoms with E-state index in [0.717, 1.165) is 34.2 Å². The summed E-state index contributed by atoms with van der Waals surface area (Å²) in [5.41, 5.74) is 0.805. The molecule has 1 aliphatic carbocycles. The average Bonchev–Trinajstić information content (AvgIpc) is 2.76. The van der Waals surface area contributed by atoms with E-state index < -0.39 is 12.0 Å². The van der Waals surface area contributed by atoms with E-state index in [1.165, 1.54) is 18.1 Å². The van der Waals surface area contributed by atoms with Crippen LogP contribution in [0.15, 0.2) is 11.1 Å². The number of nitrogens with zero attached hydrogens (tertiary/aromatic N) is 2. The van der Waals surface area contributed by atoms with Crippen LogP contribution in [0, 0.1) is 5.92 Å². The summed E-state index contributed by atoms with van der Waals surface area (Å²) in [6, 6.07) is -1.00. The molecule has 106 valence electrons. The molecule has 2 aromatic heterocycles. The summed E-state index contributed by atoms with van der Waals surface area (Å²) in [5.74, 6) is -0.647. The number of carboxylic acid groups (broad SMARTS) is 1. The van der Waals surface area contributed by atoms with Gasteiger partial charge in [-0.05, 0) is 37.7 Å². The zero-order chi connectivity index (χ0) is 14.4. The van der Waals surface area contributed by atoms with Crippen molar-refractivity contribution in [3.63, 3.8) is 0 Å². The molecular weight excluding hydrogens is 276 g/mol. The first-order valence-electron chi connectivity index (χ1n) is 6.71. The van der Waals surface area contributed by atoms with E-state index in [1.807, 2.05) is 0 Å². The first-order valence-corrected chi connectivity index (χ1v) is 7.53. The van der Waals surface area contributed by atoms with Gasteiger partial charge in [-0.25, -0.2) is 4.98 Å². The summed E-state index contributed by atoms with van der Waals surface area (Å²) in [7, 11) is 0. The first kappa shape index (κ1) is 13.3. The van der Waals surface area contributed by atoms with Crippen molar-refractivity contribution in [2.45, 2.75) is 39.2 Å². The summed E-state index contributed by atoms with van der Waals surface area (Å²) in [4.78, 5) is 29.7. The molecule has 0 aromatic carbocycles. The van der Waals surface area contributed by atoms with Gasteiger partial charge in [0.15, 0.2) is 0 Å². The summed E-state index contributed by atoms with van der Waals surface area (Å²) in [6.07, 6.45) is 4.22. The molecule has 5 nitrogen and oxygen atoms in total. The number of carboxylic acids is 1. The number of fused-ring (bicyclic) bond motifs is 3. The molecule has 0 N–H and O–H groups in total. The maximum absolute atomic E-state index is 12.5. The van der Waals surface area contributed by atoms with Crippen molar-refractivity contribution in [1.82, 2.24) is 9.55 Å². The topological polar surface area (TPSA) is 75.0 Å². The molecular formula is C14H15N2O3S-. The maximum atomic E-state index is 12.5. The van der Waals surface area contributed by atoms with Crippen LogP contribution in [0.1, 0.15) is 36.8 Å². The van der Waals surface area contributed by atoms with Gasteiger partial charge in [0, 0.05) is 4.88 Å². The van der Waals surface area contributed by atoms with Crippen LogP contribution in [-0.4, -0.2) is 15.5 Å². The highest BCUT2D eigenvalue weighted by Gasteiger charge is 2.23. The van der Waals surface area contributed by atoms with E-state index in [-0.39, 0.29) is 5.56 Å². The predicted octanol–water partition coefficient (Wildman–Crippen LogP) is 0.894. The van der Waals surface area contributed by atoms with Gasteiger partial charge in [0.1, 0.15) is 4.83 Å². The number of aromatic nitrogens is 2. The fourth-order valence-electron chi connectivity index (χ4n) is 2.73. The van der Waals surface area contributed by atoms with Gasteiger partial charge in [0.05, 0.1) is 23.7 Å². The Hall–Kier alpha value is -1.69. The van der Waals surface area contributed by atoms with E-state index in [9.17, 15) is 14.7 Å². The van der Waals surface area contributed by atoms with Gasteiger partial charge in [0.25, 0.3) is 5.56 Å². The largest absolute Gasteiger partial charge is 0.548 e. The molecule has 0 saturated carbocycles. The molecule has 0 spiro atoms.